The number of nitrogens with zero attached hydrogens (tertiary/aromatic N) is 2. The molecule has 6 atom stereocenters. The summed E-state index contributed by atoms with van der Waals surface area (Å²) in [7, 11) is 0. The van der Waals surface area contributed by atoms with E-state index in [0.29, 0.717) is 25.9 Å². The molecule has 0 saturated carbocycles. The van der Waals surface area contributed by atoms with Crippen molar-refractivity contribution in [2.75, 3.05) is 26.3 Å². The van der Waals surface area contributed by atoms with Crippen LogP contribution in [0.1, 0.15) is 52.9 Å². The maximum Gasteiger partial charge on any atom is 0.312 e. The minimum Gasteiger partial charge on any atom is -0.465 e. The van der Waals surface area contributed by atoms with Gasteiger partial charge in [0.05, 0.1) is 31.3 Å². The average Bonchev–Trinajstić information content (AvgIpc) is 3.18. The van der Waals surface area contributed by atoms with Crippen molar-refractivity contribution in [1.29, 1.82) is 0 Å². The number of aliphatic hydroxyl groups excluding tert-OH is 1. The second kappa shape index (κ2) is 10.2. The largest absolute Gasteiger partial charge is 0.465 e. The molecule has 0 aliphatic carbocycles. The van der Waals surface area contributed by atoms with Crippen molar-refractivity contribution in [3.05, 3.63) is 24.3 Å². The zero-order valence-corrected chi connectivity index (χ0v) is 20.5. The first kappa shape index (κ1) is 24.9. The lowest BCUT2D eigenvalue weighted by Gasteiger charge is -2.39. The van der Waals surface area contributed by atoms with E-state index >= 15 is 0 Å². The molecule has 2 fully saturated rings. The molecular weight excluding hydrogens is 436 g/mol. The summed E-state index contributed by atoms with van der Waals surface area (Å²) >= 11 is 0. The number of aliphatic hydroxyl groups is 1. The molecule has 4 aliphatic rings. The molecule has 8 nitrogen and oxygen atoms in total. The molecule has 4 aliphatic heterocycles. The second-order valence-corrected chi connectivity index (χ2v) is 10.3. The van der Waals surface area contributed by atoms with E-state index in [2.05, 4.69) is 6.92 Å². The number of hydrogen-bond acceptors (Lipinski definition) is 6. The van der Waals surface area contributed by atoms with Crippen LogP contribution in [0.4, 0.5) is 0 Å². The minimum atomic E-state index is -1.26. The van der Waals surface area contributed by atoms with Gasteiger partial charge in [-0.25, -0.2) is 0 Å². The predicted molar refractivity (Wildman–Crippen MR) is 126 cm³/mol. The summed E-state index contributed by atoms with van der Waals surface area (Å²) in [5, 5.41) is 10.3. The van der Waals surface area contributed by atoms with Crippen LogP contribution in [0.5, 0.6) is 0 Å². The molecule has 2 amide bonds. The van der Waals surface area contributed by atoms with Crippen molar-refractivity contribution in [2.45, 2.75) is 76.7 Å². The van der Waals surface area contributed by atoms with Gasteiger partial charge in [0.15, 0.2) is 0 Å². The van der Waals surface area contributed by atoms with Crippen LogP contribution in [0.2, 0.25) is 0 Å². The molecule has 0 bridgehead atoms. The Morgan fingerprint density at radius 2 is 1.97 bits per heavy atom. The first-order valence-corrected chi connectivity index (χ1v) is 12.8. The number of hydrogen-bond donors (Lipinski definition) is 1. The average molecular weight is 475 g/mol. The van der Waals surface area contributed by atoms with E-state index in [4.69, 9.17) is 9.47 Å². The molecule has 0 aromatic rings. The fourth-order valence-corrected chi connectivity index (χ4v) is 6.06. The van der Waals surface area contributed by atoms with E-state index in [9.17, 15) is 19.5 Å². The van der Waals surface area contributed by atoms with Crippen molar-refractivity contribution < 1.29 is 29.0 Å². The van der Waals surface area contributed by atoms with Crippen LogP contribution in [0.15, 0.2) is 24.3 Å². The highest BCUT2D eigenvalue weighted by Gasteiger charge is 2.72. The monoisotopic (exact) mass is 474 g/mol. The van der Waals surface area contributed by atoms with Crippen molar-refractivity contribution in [1.82, 2.24) is 9.80 Å². The number of likely N-dealkylation sites (tertiary alicyclic amines) is 1. The number of ether oxygens (including phenoxy) is 2. The molecule has 1 unspecified atom stereocenters. The lowest BCUT2D eigenvalue weighted by molar-refractivity contribution is -0.156. The zero-order chi connectivity index (χ0) is 24.5. The second-order valence-electron chi connectivity index (χ2n) is 10.3. The van der Waals surface area contributed by atoms with E-state index in [1.807, 2.05) is 38.2 Å². The highest BCUT2D eigenvalue weighted by molar-refractivity contribution is 5.99. The third-order valence-electron chi connectivity index (χ3n) is 7.52. The zero-order valence-electron chi connectivity index (χ0n) is 20.5. The van der Waals surface area contributed by atoms with Crippen LogP contribution in [-0.4, -0.2) is 82.8 Å². The Labute approximate surface area is 201 Å². The molecule has 1 N–H and O–H groups in total. The molecule has 0 aromatic heterocycles. The van der Waals surface area contributed by atoms with Crippen LogP contribution >= 0.6 is 0 Å². The van der Waals surface area contributed by atoms with Gasteiger partial charge in [0, 0.05) is 13.1 Å². The summed E-state index contributed by atoms with van der Waals surface area (Å²) in [5.74, 6) is -2.42. The predicted octanol–water partition coefficient (Wildman–Crippen LogP) is 2.07. The van der Waals surface area contributed by atoms with Gasteiger partial charge >= 0.3 is 5.97 Å². The Hall–Kier alpha value is -2.19. The van der Waals surface area contributed by atoms with Crippen molar-refractivity contribution in [2.24, 2.45) is 17.8 Å². The van der Waals surface area contributed by atoms with Gasteiger partial charge in [-0.3, -0.25) is 14.4 Å². The first-order chi connectivity index (χ1) is 16.4. The fraction of sp³-hybridized carbons (Fsp3) is 0.731. The lowest BCUT2D eigenvalue weighted by Crippen LogP contribution is -2.58. The topological polar surface area (TPSA) is 96.4 Å². The third-order valence-corrected chi connectivity index (χ3v) is 7.52. The van der Waals surface area contributed by atoms with Gasteiger partial charge in [-0.1, -0.05) is 57.9 Å². The van der Waals surface area contributed by atoms with Gasteiger partial charge in [-0.2, -0.15) is 0 Å². The van der Waals surface area contributed by atoms with E-state index in [0.717, 1.165) is 19.3 Å². The molecule has 4 heterocycles. The van der Waals surface area contributed by atoms with Gasteiger partial charge in [-0.05, 0) is 25.2 Å². The Morgan fingerprint density at radius 3 is 2.68 bits per heavy atom. The van der Waals surface area contributed by atoms with E-state index in [-0.39, 0.29) is 30.9 Å². The summed E-state index contributed by atoms with van der Waals surface area (Å²) < 4.78 is 12.0. The van der Waals surface area contributed by atoms with E-state index in [1.165, 1.54) is 0 Å². The highest BCUT2D eigenvalue weighted by atomic mass is 16.6. The number of fused-ring (bicyclic) bond motifs is 2. The molecule has 8 heteroatoms. The quantitative estimate of drug-likeness (QED) is 0.329. The summed E-state index contributed by atoms with van der Waals surface area (Å²) in [6.07, 6.45) is 10.9. The fourth-order valence-electron chi connectivity index (χ4n) is 6.06. The molecule has 188 valence electrons. The van der Waals surface area contributed by atoms with Crippen LogP contribution in [0.3, 0.4) is 0 Å². The number of carbonyl (C=O) groups excluding carboxylic acids is 3. The standard InChI is InChI=1S/C26H38N2O6/c1-4-5-7-12-27-13-9-11-26-21(20-19(34-26)10-6-8-14-33-25(20)32)23(30)28(22(26)24(27)31)18(16-29)15-17(2)3/h6,9-11,17-22,29H,4-5,7-8,12-16H2,1-3H3/t18-,19-,20+,21+,22?,26+/m1/s1. The maximum absolute atomic E-state index is 14.1. The Morgan fingerprint density at radius 1 is 1.18 bits per heavy atom. The number of rotatable bonds is 8. The lowest BCUT2D eigenvalue weighted by atomic mass is 9.77. The SMILES string of the molecule is CCCCCN1CC=C[C@]23O[C@@H]4C=CCCOC(=O)[C@@H]4[C@H]2C(=O)N([C@@H](CO)CC(C)C)C3C1=O. The number of esters is 1. The Bertz CT molecular complexity index is 854. The number of carbonyl (C=O) groups is 3. The van der Waals surface area contributed by atoms with Gasteiger partial charge in [0.1, 0.15) is 17.6 Å². The van der Waals surface area contributed by atoms with E-state index in [1.54, 1.807) is 9.80 Å². The van der Waals surface area contributed by atoms with Crippen molar-refractivity contribution in [3.8, 4) is 0 Å². The van der Waals surface area contributed by atoms with E-state index < -0.39 is 41.6 Å². The smallest absolute Gasteiger partial charge is 0.312 e. The molecule has 2 saturated heterocycles. The van der Waals surface area contributed by atoms with Crippen molar-refractivity contribution >= 4 is 17.8 Å². The van der Waals surface area contributed by atoms with Crippen LogP contribution in [-0.2, 0) is 23.9 Å². The molecule has 0 aromatic carbocycles. The van der Waals surface area contributed by atoms with Gasteiger partial charge in [-0.15, -0.1) is 0 Å². The molecule has 34 heavy (non-hydrogen) atoms. The highest BCUT2D eigenvalue weighted by Crippen LogP contribution is 2.53. The number of unbranched alkanes of at least 4 members (excludes halogenated alkanes) is 2. The summed E-state index contributed by atoms with van der Waals surface area (Å²) in [4.78, 5) is 44.5. The minimum absolute atomic E-state index is 0.175. The van der Waals surface area contributed by atoms with Gasteiger partial charge in [0.25, 0.3) is 0 Å². The van der Waals surface area contributed by atoms with Crippen LogP contribution in [0, 0.1) is 17.8 Å². The number of amides is 2. The van der Waals surface area contributed by atoms with Crippen LogP contribution in [0.25, 0.3) is 0 Å². The van der Waals surface area contributed by atoms with Crippen molar-refractivity contribution in [3.63, 3.8) is 0 Å². The maximum atomic E-state index is 14.1. The van der Waals surface area contributed by atoms with Gasteiger partial charge in [0.2, 0.25) is 11.8 Å². The molecule has 1 spiro atoms. The molecule has 0 radical (unpaired) electrons. The normalized spacial score (nSPS) is 33.9. The first-order valence-electron chi connectivity index (χ1n) is 12.8. The molecule has 4 rings (SSSR count). The molecular formula is C26H38N2O6. The van der Waals surface area contributed by atoms with Gasteiger partial charge < -0.3 is 24.4 Å². The van der Waals surface area contributed by atoms with Crippen LogP contribution < -0.4 is 0 Å². The number of cyclic esters (lactones) is 1. The third kappa shape index (κ3) is 4.19. The summed E-state index contributed by atoms with van der Waals surface area (Å²) in [5.41, 5.74) is -1.26. The summed E-state index contributed by atoms with van der Waals surface area (Å²) in [6, 6.07) is -1.45. The Balaban J connectivity index is 1.79. The summed E-state index contributed by atoms with van der Waals surface area (Å²) in [6.45, 7) is 7.19. The Kier molecular flexibility index (Phi) is 7.48.